The molecule has 1 heterocycles. The van der Waals surface area contributed by atoms with E-state index in [9.17, 15) is 4.79 Å². The van der Waals surface area contributed by atoms with Gasteiger partial charge >= 0.3 is 5.97 Å². The summed E-state index contributed by atoms with van der Waals surface area (Å²) in [5.41, 5.74) is 8.09. The number of carbonyl (C=O) groups excluding carboxylic acids is 1. The van der Waals surface area contributed by atoms with E-state index in [1.807, 2.05) is 36.4 Å². The van der Waals surface area contributed by atoms with Crippen molar-refractivity contribution in [2.45, 2.75) is 0 Å². The summed E-state index contributed by atoms with van der Waals surface area (Å²) < 4.78 is 10.6. The van der Waals surface area contributed by atoms with E-state index in [0.717, 1.165) is 10.9 Å². The minimum atomic E-state index is -0.462. The smallest absolute Gasteiger partial charge is 0.341 e. The highest BCUT2D eigenvalue weighted by molar-refractivity contribution is 6.04. The monoisotopic (exact) mass is 267 g/mol. The highest BCUT2D eigenvalue weighted by Crippen LogP contribution is 2.31. The Morgan fingerprint density at radius 3 is 2.60 bits per heavy atom. The van der Waals surface area contributed by atoms with Crippen LogP contribution in [0.15, 0.2) is 52.9 Å². The molecule has 0 bridgehead atoms. The van der Waals surface area contributed by atoms with Crippen LogP contribution in [0.4, 0.5) is 5.69 Å². The van der Waals surface area contributed by atoms with Crippen molar-refractivity contribution in [1.29, 1.82) is 0 Å². The lowest BCUT2D eigenvalue weighted by atomic mass is 10.1. The number of ether oxygens (including phenoxy) is 1. The highest BCUT2D eigenvalue weighted by Gasteiger charge is 2.16. The topological polar surface area (TPSA) is 65.5 Å². The molecule has 0 saturated carbocycles. The van der Waals surface area contributed by atoms with Gasteiger partial charge in [0.1, 0.15) is 16.9 Å². The zero-order valence-electron chi connectivity index (χ0n) is 10.9. The van der Waals surface area contributed by atoms with Crippen LogP contribution in [0.5, 0.6) is 0 Å². The normalized spacial score (nSPS) is 10.7. The van der Waals surface area contributed by atoms with E-state index in [2.05, 4.69) is 0 Å². The Kier molecular flexibility index (Phi) is 2.91. The Morgan fingerprint density at radius 2 is 1.90 bits per heavy atom. The number of rotatable bonds is 2. The van der Waals surface area contributed by atoms with Gasteiger partial charge < -0.3 is 14.9 Å². The lowest BCUT2D eigenvalue weighted by molar-refractivity contribution is 0.0602. The molecule has 4 nitrogen and oxygen atoms in total. The molecule has 0 unspecified atom stereocenters. The molecule has 0 radical (unpaired) electrons. The van der Waals surface area contributed by atoms with Crippen molar-refractivity contribution in [2.24, 2.45) is 0 Å². The molecule has 2 aromatic carbocycles. The van der Waals surface area contributed by atoms with E-state index in [1.54, 1.807) is 12.1 Å². The maximum absolute atomic E-state index is 11.8. The first-order valence-electron chi connectivity index (χ1n) is 6.16. The molecule has 0 aliphatic carbocycles. The summed E-state index contributed by atoms with van der Waals surface area (Å²) >= 11 is 0. The fraction of sp³-hybridized carbons (Fsp3) is 0.0625. The van der Waals surface area contributed by atoms with Crippen molar-refractivity contribution in [3.05, 3.63) is 54.1 Å². The second-order valence-corrected chi connectivity index (χ2v) is 4.46. The van der Waals surface area contributed by atoms with Crippen molar-refractivity contribution >= 4 is 22.6 Å². The van der Waals surface area contributed by atoms with Gasteiger partial charge in [0.2, 0.25) is 0 Å². The molecule has 0 aliphatic rings. The largest absolute Gasteiger partial charge is 0.465 e. The molecule has 20 heavy (non-hydrogen) atoms. The first kappa shape index (κ1) is 12.3. The van der Waals surface area contributed by atoms with Crippen molar-refractivity contribution < 1.29 is 13.9 Å². The second-order valence-electron chi connectivity index (χ2n) is 4.46. The lowest BCUT2D eigenvalue weighted by Gasteiger charge is -2.01. The fourth-order valence-corrected chi connectivity index (χ4v) is 2.18. The SMILES string of the molecule is COC(=O)c1cc(N)cc2cc(-c3ccccc3)oc12. The quantitative estimate of drug-likeness (QED) is 0.570. The summed E-state index contributed by atoms with van der Waals surface area (Å²) in [6.07, 6.45) is 0. The molecule has 3 rings (SSSR count). The Morgan fingerprint density at radius 1 is 1.15 bits per heavy atom. The van der Waals surface area contributed by atoms with E-state index in [4.69, 9.17) is 14.9 Å². The number of nitrogens with two attached hydrogens (primary N) is 1. The van der Waals surface area contributed by atoms with Crippen LogP contribution in [-0.2, 0) is 4.74 Å². The predicted octanol–water partition coefficient (Wildman–Crippen LogP) is 3.47. The van der Waals surface area contributed by atoms with E-state index in [1.165, 1.54) is 7.11 Å². The average Bonchev–Trinajstić information content (AvgIpc) is 2.90. The van der Waals surface area contributed by atoms with Crippen LogP contribution in [0.25, 0.3) is 22.3 Å². The second kappa shape index (κ2) is 4.74. The van der Waals surface area contributed by atoms with Crippen molar-refractivity contribution in [3.63, 3.8) is 0 Å². The van der Waals surface area contributed by atoms with Gasteiger partial charge in [-0.25, -0.2) is 4.79 Å². The molecule has 0 amide bonds. The molecule has 100 valence electrons. The van der Waals surface area contributed by atoms with Gasteiger partial charge in [-0.2, -0.15) is 0 Å². The van der Waals surface area contributed by atoms with E-state index in [-0.39, 0.29) is 0 Å². The number of esters is 1. The van der Waals surface area contributed by atoms with Gasteiger partial charge in [0.25, 0.3) is 0 Å². The van der Waals surface area contributed by atoms with Gasteiger partial charge in [-0.05, 0) is 18.2 Å². The molecule has 0 spiro atoms. The van der Waals surface area contributed by atoms with Gasteiger partial charge in [0.05, 0.1) is 7.11 Å². The standard InChI is InChI=1S/C16H13NO3/c1-19-16(18)13-9-12(17)7-11-8-14(20-15(11)13)10-5-3-2-4-6-10/h2-9H,17H2,1H3. The number of furan rings is 1. The number of fused-ring (bicyclic) bond motifs is 1. The van der Waals surface area contributed by atoms with Crippen LogP contribution in [0, 0.1) is 0 Å². The first-order chi connectivity index (χ1) is 9.69. The Labute approximate surface area is 115 Å². The maximum Gasteiger partial charge on any atom is 0.341 e. The molecule has 3 aromatic rings. The number of hydrogen-bond acceptors (Lipinski definition) is 4. The molecule has 2 N–H and O–H groups in total. The summed E-state index contributed by atoms with van der Waals surface area (Å²) in [7, 11) is 1.33. The minimum Gasteiger partial charge on any atom is -0.465 e. The maximum atomic E-state index is 11.8. The van der Waals surface area contributed by atoms with Gasteiger partial charge in [0, 0.05) is 16.6 Å². The van der Waals surface area contributed by atoms with Crippen LogP contribution in [-0.4, -0.2) is 13.1 Å². The zero-order valence-corrected chi connectivity index (χ0v) is 10.9. The molecule has 4 heteroatoms. The Balaban J connectivity index is 2.23. The lowest BCUT2D eigenvalue weighted by Crippen LogP contribution is -2.02. The highest BCUT2D eigenvalue weighted by atomic mass is 16.5. The summed E-state index contributed by atoms with van der Waals surface area (Å²) in [5, 5.41) is 0.782. The van der Waals surface area contributed by atoms with Crippen molar-refractivity contribution in [2.75, 3.05) is 12.8 Å². The molecular formula is C16H13NO3. The van der Waals surface area contributed by atoms with Gasteiger partial charge in [0.15, 0.2) is 0 Å². The number of methoxy groups -OCH3 is 1. The third kappa shape index (κ3) is 2.01. The summed E-state index contributed by atoms with van der Waals surface area (Å²) in [6, 6.07) is 14.9. The third-order valence-corrected chi connectivity index (χ3v) is 3.10. The number of hydrogen-bond donors (Lipinski definition) is 1. The van der Waals surface area contributed by atoms with Crippen LogP contribution in [0.3, 0.4) is 0 Å². The minimum absolute atomic E-state index is 0.338. The summed E-state index contributed by atoms with van der Waals surface area (Å²) in [6.45, 7) is 0. The number of benzene rings is 2. The molecule has 0 saturated heterocycles. The Hall–Kier alpha value is -2.75. The van der Waals surface area contributed by atoms with E-state index < -0.39 is 5.97 Å². The van der Waals surface area contributed by atoms with E-state index >= 15 is 0 Å². The molecule has 0 aliphatic heterocycles. The third-order valence-electron chi connectivity index (χ3n) is 3.10. The number of nitrogen functional groups attached to an aromatic ring is 1. The summed E-state index contributed by atoms with van der Waals surface area (Å²) in [5.74, 6) is 0.229. The van der Waals surface area contributed by atoms with Gasteiger partial charge in [-0.3, -0.25) is 0 Å². The zero-order chi connectivity index (χ0) is 14.1. The number of anilines is 1. The molecule has 1 aromatic heterocycles. The molecule has 0 fully saturated rings. The number of carbonyl (C=O) groups is 1. The van der Waals surface area contributed by atoms with Crippen LogP contribution in [0.1, 0.15) is 10.4 Å². The van der Waals surface area contributed by atoms with E-state index in [0.29, 0.717) is 22.6 Å². The van der Waals surface area contributed by atoms with Crippen LogP contribution >= 0.6 is 0 Å². The van der Waals surface area contributed by atoms with Crippen LogP contribution in [0.2, 0.25) is 0 Å². The van der Waals surface area contributed by atoms with Crippen molar-refractivity contribution in [1.82, 2.24) is 0 Å². The van der Waals surface area contributed by atoms with Crippen LogP contribution < -0.4 is 5.73 Å². The first-order valence-corrected chi connectivity index (χ1v) is 6.16. The Bertz CT molecular complexity index is 775. The predicted molar refractivity (Wildman–Crippen MR) is 77.4 cm³/mol. The molecular weight excluding hydrogens is 254 g/mol. The fourth-order valence-electron chi connectivity index (χ4n) is 2.18. The summed E-state index contributed by atoms with van der Waals surface area (Å²) in [4.78, 5) is 11.8. The van der Waals surface area contributed by atoms with Gasteiger partial charge in [-0.15, -0.1) is 0 Å². The van der Waals surface area contributed by atoms with Gasteiger partial charge in [-0.1, -0.05) is 30.3 Å². The average molecular weight is 267 g/mol. The molecule has 0 atom stereocenters. The van der Waals surface area contributed by atoms with Crippen molar-refractivity contribution in [3.8, 4) is 11.3 Å².